The van der Waals surface area contributed by atoms with E-state index in [0.717, 1.165) is 6.42 Å². The highest BCUT2D eigenvalue weighted by molar-refractivity contribution is 5.73. The van der Waals surface area contributed by atoms with Gasteiger partial charge in [0.05, 0.1) is 25.2 Å². The summed E-state index contributed by atoms with van der Waals surface area (Å²) >= 11 is 0. The first-order chi connectivity index (χ1) is 6.22. The number of rotatable bonds is 3. The Labute approximate surface area is 78.2 Å². The zero-order valence-electron chi connectivity index (χ0n) is 8.28. The molecule has 1 fully saturated rings. The molecule has 0 aromatic rings. The Morgan fingerprint density at radius 3 is 2.31 bits per heavy atom. The first-order valence-electron chi connectivity index (χ1n) is 4.36. The van der Waals surface area contributed by atoms with E-state index in [1.54, 1.807) is 14.2 Å². The van der Waals surface area contributed by atoms with Crippen LogP contribution in [-0.4, -0.2) is 39.5 Å². The van der Waals surface area contributed by atoms with Crippen molar-refractivity contribution in [2.45, 2.75) is 25.0 Å². The summed E-state index contributed by atoms with van der Waals surface area (Å²) in [7, 11) is 4.66. The van der Waals surface area contributed by atoms with Crippen LogP contribution >= 0.6 is 0 Å². The smallest absolute Gasteiger partial charge is 0.311 e. The Hall–Kier alpha value is -0.610. The molecular formula is C9H16O4. The van der Waals surface area contributed by atoms with E-state index >= 15 is 0 Å². The van der Waals surface area contributed by atoms with Crippen molar-refractivity contribution >= 4 is 5.97 Å². The van der Waals surface area contributed by atoms with Gasteiger partial charge in [-0.15, -0.1) is 0 Å². The monoisotopic (exact) mass is 188 g/mol. The average molecular weight is 188 g/mol. The van der Waals surface area contributed by atoms with E-state index in [1.807, 2.05) is 0 Å². The van der Waals surface area contributed by atoms with Crippen molar-refractivity contribution in [3.05, 3.63) is 0 Å². The third-order valence-electron chi connectivity index (χ3n) is 2.60. The second kappa shape index (κ2) is 4.58. The molecule has 0 bridgehead atoms. The van der Waals surface area contributed by atoms with Crippen LogP contribution in [0, 0.1) is 5.92 Å². The van der Waals surface area contributed by atoms with Crippen molar-refractivity contribution < 1.29 is 19.0 Å². The minimum atomic E-state index is -0.202. The van der Waals surface area contributed by atoms with Gasteiger partial charge >= 0.3 is 5.97 Å². The van der Waals surface area contributed by atoms with Crippen molar-refractivity contribution in [3.63, 3.8) is 0 Å². The van der Waals surface area contributed by atoms with Gasteiger partial charge in [-0.2, -0.15) is 0 Å². The molecule has 0 aliphatic heterocycles. The molecule has 4 heteroatoms. The van der Waals surface area contributed by atoms with E-state index in [9.17, 15) is 4.79 Å². The Balaban J connectivity index is 2.57. The zero-order chi connectivity index (χ0) is 9.84. The van der Waals surface area contributed by atoms with Crippen LogP contribution in [0.25, 0.3) is 0 Å². The number of hydrogen-bond acceptors (Lipinski definition) is 4. The van der Waals surface area contributed by atoms with Crippen LogP contribution in [0.5, 0.6) is 0 Å². The lowest BCUT2D eigenvalue weighted by Gasteiger charge is -2.14. The SMILES string of the molecule is COC(=O)C1CC(OC)CC1OC. The largest absolute Gasteiger partial charge is 0.469 e. The summed E-state index contributed by atoms with van der Waals surface area (Å²) in [6, 6.07) is 0. The third-order valence-corrected chi connectivity index (χ3v) is 2.60. The molecule has 76 valence electrons. The molecule has 0 saturated heterocycles. The standard InChI is InChI=1S/C9H16O4/c1-11-6-4-7(9(10)13-3)8(5-6)12-2/h6-8H,4-5H2,1-3H3. The molecule has 0 aromatic carbocycles. The van der Waals surface area contributed by atoms with Gasteiger partial charge in [0.15, 0.2) is 0 Å². The summed E-state index contributed by atoms with van der Waals surface area (Å²) in [5, 5.41) is 0. The second-order valence-electron chi connectivity index (χ2n) is 3.23. The van der Waals surface area contributed by atoms with Crippen LogP contribution in [0.3, 0.4) is 0 Å². The quantitative estimate of drug-likeness (QED) is 0.608. The first-order valence-corrected chi connectivity index (χ1v) is 4.36. The van der Waals surface area contributed by atoms with E-state index in [1.165, 1.54) is 7.11 Å². The molecule has 3 atom stereocenters. The number of methoxy groups -OCH3 is 3. The van der Waals surface area contributed by atoms with Crippen LogP contribution in [0.4, 0.5) is 0 Å². The van der Waals surface area contributed by atoms with Crippen LogP contribution in [-0.2, 0) is 19.0 Å². The number of esters is 1. The maximum Gasteiger partial charge on any atom is 0.311 e. The lowest BCUT2D eigenvalue weighted by molar-refractivity contribution is -0.149. The van der Waals surface area contributed by atoms with E-state index in [4.69, 9.17) is 9.47 Å². The zero-order valence-corrected chi connectivity index (χ0v) is 8.28. The molecular weight excluding hydrogens is 172 g/mol. The molecule has 1 aliphatic rings. The van der Waals surface area contributed by atoms with Gasteiger partial charge in [-0.1, -0.05) is 0 Å². The normalized spacial score (nSPS) is 33.3. The van der Waals surface area contributed by atoms with Gasteiger partial charge in [0.25, 0.3) is 0 Å². The molecule has 0 radical (unpaired) electrons. The average Bonchev–Trinajstić information content (AvgIpc) is 2.59. The predicted molar refractivity (Wildman–Crippen MR) is 46.3 cm³/mol. The lowest BCUT2D eigenvalue weighted by atomic mass is 10.1. The number of carbonyl (C=O) groups excluding carboxylic acids is 1. The Kier molecular flexibility index (Phi) is 3.69. The van der Waals surface area contributed by atoms with Crippen LogP contribution in [0.1, 0.15) is 12.8 Å². The van der Waals surface area contributed by atoms with Gasteiger partial charge < -0.3 is 14.2 Å². The number of hydrogen-bond donors (Lipinski definition) is 0. The topological polar surface area (TPSA) is 44.8 Å². The number of carbonyl (C=O) groups is 1. The molecule has 0 heterocycles. The summed E-state index contributed by atoms with van der Waals surface area (Å²) < 4.78 is 15.1. The molecule has 1 aliphatic carbocycles. The van der Waals surface area contributed by atoms with Crippen molar-refractivity contribution in [1.82, 2.24) is 0 Å². The fourth-order valence-electron chi connectivity index (χ4n) is 1.81. The van der Waals surface area contributed by atoms with Crippen molar-refractivity contribution in [2.75, 3.05) is 21.3 Å². The molecule has 0 amide bonds. The molecule has 1 rings (SSSR count). The van der Waals surface area contributed by atoms with E-state index < -0.39 is 0 Å². The highest BCUT2D eigenvalue weighted by atomic mass is 16.5. The highest BCUT2D eigenvalue weighted by Gasteiger charge is 2.39. The molecule has 1 saturated carbocycles. The van der Waals surface area contributed by atoms with Gasteiger partial charge in [-0.05, 0) is 6.42 Å². The molecule has 0 aromatic heterocycles. The Morgan fingerprint density at radius 1 is 1.15 bits per heavy atom. The fraction of sp³-hybridized carbons (Fsp3) is 0.889. The van der Waals surface area contributed by atoms with Crippen LogP contribution in [0.2, 0.25) is 0 Å². The van der Waals surface area contributed by atoms with Gasteiger partial charge in [-0.25, -0.2) is 0 Å². The molecule has 3 unspecified atom stereocenters. The summed E-state index contributed by atoms with van der Waals surface area (Å²) in [4.78, 5) is 11.3. The van der Waals surface area contributed by atoms with Crippen LogP contribution < -0.4 is 0 Å². The lowest BCUT2D eigenvalue weighted by Crippen LogP contribution is -2.25. The summed E-state index contributed by atoms with van der Waals surface area (Å²) in [5.74, 6) is -0.369. The second-order valence-corrected chi connectivity index (χ2v) is 3.23. The minimum Gasteiger partial charge on any atom is -0.469 e. The molecule has 4 nitrogen and oxygen atoms in total. The minimum absolute atomic E-state index is 0.0580. The van der Waals surface area contributed by atoms with Gasteiger partial charge in [0, 0.05) is 20.6 Å². The highest BCUT2D eigenvalue weighted by Crippen LogP contribution is 2.30. The summed E-state index contributed by atoms with van der Waals surface area (Å²) in [6.45, 7) is 0. The molecule has 13 heavy (non-hydrogen) atoms. The predicted octanol–water partition coefficient (Wildman–Crippen LogP) is 0.599. The third kappa shape index (κ3) is 2.19. The maximum absolute atomic E-state index is 11.3. The van der Waals surface area contributed by atoms with Crippen LogP contribution in [0.15, 0.2) is 0 Å². The maximum atomic E-state index is 11.3. The summed E-state index contributed by atoms with van der Waals surface area (Å²) in [6.07, 6.45) is 1.53. The van der Waals surface area contributed by atoms with E-state index in [2.05, 4.69) is 4.74 Å². The molecule has 0 spiro atoms. The van der Waals surface area contributed by atoms with Gasteiger partial charge in [0.1, 0.15) is 0 Å². The Morgan fingerprint density at radius 2 is 1.85 bits per heavy atom. The fourth-order valence-corrected chi connectivity index (χ4v) is 1.81. The van der Waals surface area contributed by atoms with Crippen molar-refractivity contribution in [2.24, 2.45) is 5.92 Å². The summed E-state index contributed by atoms with van der Waals surface area (Å²) in [5.41, 5.74) is 0. The van der Waals surface area contributed by atoms with Crippen molar-refractivity contribution in [1.29, 1.82) is 0 Å². The van der Waals surface area contributed by atoms with Gasteiger partial charge in [-0.3, -0.25) is 4.79 Å². The Bertz CT molecular complexity index is 180. The van der Waals surface area contributed by atoms with E-state index in [0.29, 0.717) is 6.42 Å². The van der Waals surface area contributed by atoms with E-state index in [-0.39, 0.29) is 24.1 Å². The van der Waals surface area contributed by atoms with Gasteiger partial charge in [0.2, 0.25) is 0 Å². The van der Waals surface area contributed by atoms with Crippen molar-refractivity contribution in [3.8, 4) is 0 Å². The first kappa shape index (κ1) is 10.5. The molecule has 0 N–H and O–H groups in total. The number of ether oxygens (including phenoxy) is 3.